The van der Waals surface area contributed by atoms with Crippen LogP contribution >= 0.6 is 0 Å². The van der Waals surface area contributed by atoms with Crippen molar-refractivity contribution in [2.75, 3.05) is 12.3 Å². The minimum atomic E-state index is -0.371. The lowest BCUT2D eigenvalue weighted by Crippen LogP contribution is -2.08. The van der Waals surface area contributed by atoms with Crippen molar-refractivity contribution in [1.29, 1.82) is 0 Å². The number of anilines is 1. The van der Waals surface area contributed by atoms with Crippen LogP contribution in [-0.4, -0.2) is 26.1 Å². The first-order valence-electron chi connectivity index (χ1n) is 7.70. The van der Waals surface area contributed by atoms with Crippen LogP contribution in [0.15, 0.2) is 46.1 Å². The van der Waals surface area contributed by atoms with E-state index in [0.29, 0.717) is 41.5 Å². The van der Waals surface area contributed by atoms with Gasteiger partial charge < -0.3 is 19.5 Å². The first-order valence-corrected chi connectivity index (χ1v) is 7.70. The third kappa shape index (κ3) is 2.78. The standard InChI is InChI=1S/C17H15N5O3/c1-10-6-14(23)25-13-7-11(2-3-12(10)13)24-5-4-22-9-21-15-16(18)19-8-20-17(15)22/h2-3,6-9H,4-5H2,1H3,(H2,18,19,20). The Hall–Kier alpha value is -3.42. The predicted octanol–water partition coefficient (Wildman–Crippen LogP) is 1.90. The Morgan fingerprint density at radius 1 is 1.24 bits per heavy atom. The number of nitrogen functional groups attached to an aromatic ring is 1. The second-order valence-corrected chi connectivity index (χ2v) is 5.62. The normalized spacial score (nSPS) is 11.2. The van der Waals surface area contributed by atoms with Gasteiger partial charge in [-0.15, -0.1) is 0 Å². The molecule has 0 bridgehead atoms. The van der Waals surface area contributed by atoms with Crippen molar-refractivity contribution in [2.45, 2.75) is 13.5 Å². The van der Waals surface area contributed by atoms with Crippen molar-refractivity contribution in [3.63, 3.8) is 0 Å². The lowest BCUT2D eigenvalue weighted by molar-refractivity contribution is 0.299. The summed E-state index contributed by atoms with van der Waals surface area (Å²) in [6, 6.07) is 6.92. The van der Waals surface area contributed by atoms with Crippen LogP contribution < -0.4 is 16.1 Å². The molecule has 0 aliphatic carbocycles. The van der Waals surface area contributed by atoms with Crippen molar-refractivity contribution >= 4 is 28.0 Å². The summed E-state index contributed by atoms with van der Waals surface area (Å²) in [4.78, 5) is 23.8. The Bertz CT molecular complexity index is 1130. The molecule has 25 heavy (non-hydrogen) atoms. The molecule has 0 spiro atoms. The second kappa shape index (κ2) is 5.90. The van der Waals surface area contributed by atoms with Crippen LogP contribution in [0.1, 0.15) is 5.56 Å². The molecule has 3 heterocycles. The Kier molecular flexibility index (Phi) is 3.57. The van der Waals surface area contributed by atoms with Gasteiger partial charge in [-0.25, -0.2) is 19.7 Å². The number of aromatic nitrogens is 4. The topological polar surface area (TPSA) is 109 Å². The van der Waals surface area contributed by atoms with Gasteiger partial charge in [-0.3, -0.25) is 0 Å². The number of nitrogens with zero attached hydrogens (tertiary/aromatic N) is 4. The number of hydrogen-bond donors (Lipinski definition) is 1. The van der Waals surface area contributed by atoms with Gasteiger partial charge in [0.1, 0.15) is 29.8 Å². The van der Waals surface area contributed by atoms with Gasteiger partial charge in [0.05, 0.1) is 12.9 Å². The van der Waals surface area contributed by atoms with Gasteiger partial charge in [0.25, 0.3) is 0 Å². The fraction of sp³-hybridized carbons (Fsp3) is 0.176. The molecule has 8 nitrogen and oxygen atoms in total. The highest BCUT2D eigenvalue weighted by Crippen LogP contribution is 2.22. The van der Waals surface area contributed by atoms with E-state index < -0.39 is 0 Å². The molecule has 0 aliphatic rings. The van der Waals surface area contributed by atoms with E-state index in [2.05, 4.69) is 15.0 Å². The number of nitrogens with two attached hydrogens (primary N) is 1. The number of rotatable bonds is 4. The van der Waals surface area contributed by atoms with Gasteiger partial charge in [0.15, 0.2) is 11.5 Å². The van der Waals surface area contributed by atoms with Crippen molar-refractivity contribution in [1.82, 2.24) is 19.5 Å². The van der Waals surface area contributed by atoms with Gasteiger partial charge >= 0.3 is 5.63 Å². The molecule has 0 unspecified atom stereocenters. The van der Waals surface area contributed by atoms with E-state index in [0.717, 1.165) is 10.9 Å². The van der Waals surface area contributed by atoms with Gasteiger partial charge in [-0.2, -0.15) is 0 Å². The molecule has 126 valence electrons. The summed E-state index contributed by atoms with van der Waals surface area (Å²) < 4.78 is 12.8. The minimum Gasteiger partial charge on any atom is -0.492 e. The van der Waals surface area contributed by atoms with Crippen LogP contribution in [0, 0.1) is 6.92 Å². The zero-order chi connectivity index (χ0) is 17.4. The van der Waals surface area contributed by atoms with Crippen LogP contribution in [0.25, 0.3) is 22.1 Å². The summed E-state index contributed by atoms with van der Waals surface area (Å²) in [5.74, 6) is 0.976. The maximum absolute atomic E-state index is 11.5. The summed E-state index contributed by atoms with van der Waals surface area (Å²) in [5, 5.41) is 0.889. The molecule has 0 amide bonds. The average Bonchev–Trinajstić information content (AvgIpc) is 2.99. The lowest BCUT2D eigenvalue weighted by atomic mass is 10.1. The maximum atomic E-state index is 11.5. The molecule has 0 atom stereocenters. The van der Waals surface area contributed by atoms with Gasteiger partial charge in [-0.05, 0) is 24.6 Å². The van der Waals surface area contributed by atoms with E-state index in [9.17, 15) is 4.79 Å². The lowest BCUT2D eigenvalue weighted by Gasteiger charge is -2.08. The van der Waals surface area contributed by atoms with Gasteiger partial charge in [0.2, 0.25) is 0 Å². The summed E-state index contributed by atoms with van der Waals surface area (Å²) in [6.45, 7) is 2.82. The number of ether oxygens (including phenoxy) is 1. The molecular formula is C17H15N5O3. The quantitative estimate of drug-likeness (QED) is 0.566. The average molecular weight is 337 g/mol. The first kappa shape index (κ1) is 15.1. The summed E-state index contributed by atoms with van der Waals surface area (Å²) >= 11 is 0. The van der Waals surface area contributed by atoms with E-state index in [1.54, 1.807) is 12.4 Å². The summed E-state index contributed by atoms with van der Waals surface area (Å²) in [7, 11) is 0. The van der Waals surface area contributed by atoms with Crippen LogP contribution in [0.2, 0.25) is 0 Å². The number of aryl methyl sites for hydroxylation is 1. The van der Waals surface area contributed by atoms with E-state index in [1.807, 2.05) is 23.6 Å². The van der Waals surface area contributed by atoms with E-state index in [-0.39, 0.29) is 5.63 Å². The van der Waals surface area contributed by atoms with E-state index in [4.69, 9.17) is 14.9 Å². The van der Waals surface area contributed by atoms with Gasteiger partial charge in [-0.1, -0.05) is 0 Å². The van der Waals surface area contributed by atoms with E-state index >= 15 is 0 Å². The number of fused-ring (bicyclic) bond motifs is 2. The molecule has 0 saturated carbocycles. The zero-order valence-corrected chi connectivity index (χ0v) is 13.5. The number of hydrogen-bond acceptors (Lipinski definition) is 7. The highest BCUT2D eigenvalue weighted by Gasteiger charge is 2.08. The third-order valence-corrected chi connectivity index (χ3v) is 3.95. The molecule has 8 heteroatoms. The van der Waals surface area contributed by atoms with Gasteiger partial charge in [0, 0.05) is 17.5 Å². The van der Waals surface area contributed by atoms with Crippen LogP contribution in [0.5, 0.6) is 5.75 Å². The number of benzene rings is 1. The smallest absolute Gasteiger partial charge is 0.336 e. The molecule has 4 aromatic rings. The SMILES string of the molecule is Cc1cc(=O)oc2cc(OCCn3cnc4c(N)ncnc43)ccc12. The highest BCUT2D eigenvalue weighted by molar-refractivity contribution is 5.81. The van der Waals surface area contributed by atoms with Crippen molar-refractivity contribution in [3.05, 3.63) is 52.9 Å². The van der Waals surface area contributed by atoms with Crippen LogP contribution in [0.3, 0.4) is 0 Å². The fourth-order valence-electron chi connectivity index (χ4n) is 2.72. The largest absolute Gasteiger partial charge is 0.492 e. The monoisotopic (exact) mass is 337 g/mol. The Morgan fingerprint density at radius 3 is 3.00 bits per heavy atom. The molecule has 0 saturated heterocycles. The molecule has 2 N–H and O–H groups in total. The minimum absolute atomic E-state index is 0.351. The van der Waals surface area contributed by atoms with Crippen LogP contribution in [0.4, 0.5) is 5.82 Å². The number of imidazole rings is 1. The fourth-order valence-corrected chi connectivity index (χ4v) is 2.72. The van der Waals surface area contributed by atoms with Crippen molar-refractivity contribution in [3.8, 4) is 5.75 Å². The Balaban J connectivity index is 1.52. The maximum Gasteiger partial charge on any atom is 0.336 e. The molecule has 4 rings (SSSR count). The zero-order valence-electron chi connectivity index (χ0n) is 13.5. The van der Waals surface area contributed by atoms with Crippen molar-refractivity contribution < 1.29 is 9.15 Å². The second-order valence-electron chi connectivity index (χ2n) is 5.62. The Labute approximate surface area is 141 Å². The molecular weight excluding hydrogens is 322 g/mol. The van der Waals surface area contributed by atoms with E-state index in [1.165, 1.54) is 12.4 Å². The third-order valence-electron chi connectivity index (χ3n) is 3.95. The molecule has 0 fully saturated rings. The summed E-state index contributed by atoms with van der Waals surface area (Å²) in [5.41, 5.74) is 8.02. The van der Waals surface area contributed by atoms with Crippen molar-refractivity contribution in [2.24, 2.45) is 0 Å². The molecule has 1 aromatic carbocycles. The molecule has 0 radical (unpaired) electrons. The predicted molar refractivity (Wildman–Crippen MR) is 92.5 cm³/mol. The first-order chi connectivity index (χ1) is 12.1. The summed E-state index contributed by atoms with van der Waals surface area (Å²) in [6.07, 6.45) is 3.06. The molecule has 3 aromatic heterocycles. The molecule has 0 aliphatic heterocycles. The Morgan fingerprint density at radius 2 is 2.12 bits per heavy atom. The van der Waals surface area contributed by atoms with Crippen LogP contribution in [-0.2, 0) is 6.54 Å². The highest BCUT2D eigenvalue weighted by atomic mass is 16.5.